The number of rotatable bonds is 20. The lowest BCUT2D eigenvalue weighted by atomic mass is 9.97. The Kier molecular flexibility index (Phi) is 15.8. The van der Waals surface area contributed by atoms with Crippen LogP contribution >= 0.6 is 0 Å². The summed E-state index contributed by atoms with van der Waals surface area (Å²) < 4.78 is 11.3. The molecule has 2 aromatic rings. The normalized spacial score (nSPS) is 12.9. The number of nitrogens with one attached hydrogen (secondary N) is 1. The second kappa shape index (κ2) is 19.3. The molecule has 0 radical (unpaired) electrons. The maximum atomic E-state index is 13.6. The predicted octanol–water partition coefficient (Wildman–Crippen LogP) is 4.75. The first-order valence-electron chi connectivity index (χ1n) is 14.1. The van der Waals surface area contributed by atoms with Crippen molar-refractivity contribution >= 4 is 17.8 Å². The number of esters is 1. The largest absolute Gasteiger partial charge is 0.455 e. The first-order chi connectivity index (χ1) is 19.9. The van der Waals surface area contributed by atoms with Crippen LogP contribution in [0.15, 0.2) is 86.0 Å². The summed E-state index contributed by atoms with van der Waals surface area (Å²) in [7, 11) is 1.51. The number of carbonyl (C=O) groups excluding carboxylic acids is 3. The quantitative estimate of drug-likeness (QED) is 0.137. The monoisotopic (exact) mass is 564 g/mol. The lowest BCUT2D eigenvalue weighted by Gasteiger charge is -2.30. The van der Waals surface area contributed by atoms with Gasteiger partial charge in [-0.1, -0.05) is 72.8 Å². The third-order valence-corrected chi connectivity index (χ3v) is 6.65. The Bertz CT molecular complexity index is 1080. The minimum Gasteiger partial charge on any atom is -0.455 e. The zero-order chi connectivity index (χ0) is 29.9. The average Bonchev–Trinajstić information content (AvgIpc) is 2.98. The van der Waals surface area contributed by atoms with Crippen molar-refractivity contribution in [2.45, 2.75) is 57.2 Å². The van der Waals surface area contributed by atoms with Crippen LogP contribution in [-0.2, 0) is 30.4 Å². The van der Waals surface area contributed by atoms with Gasteiger partial charge in [-0.2, -0.15) is 0 Å². The Labute approximate surface area is 244 Å². The van der Waals surface area contributed by atoms with E-state index in [4.69, 9.17) is 9.47 Å². The average molecular weight is 565 g/mol. The minimum atomic E-state index is -0.781. The standard InChI is InChI=1S/C33H44N2O6/c1-4-6-7-14-20-31(38)41-32(27-18-12-9-13-19-27)29(25-40-3)34-33(39)28(15-5-2)23-30(37)35(21-22-36)24-26-16-10-8-11-17-26/h4-5,8-13,16-19,28-29,32,36H,1-2,6-7,14-15,20-25H2,3H3,(H,34,39)/t28-,29+,32+/m1/s1. The van der Waals surface area contributed by atoms with E-state index < -0.39 is 18.1 Å². The second-order valence-corrected chi connectivity index (χ2v) is 9.88. The van der Waals surface area contributed by atoms with Gasteiger partial charge in [-0.25, -0.2) is 0 Å². The maximum absolute atomic E-state index is 13.6. The van der Waals surface area contributed by atoms with Crippen molar-refractivity contribution in [3.63, 3.8) is 0 Å². The molecular weight excluding hydrogens is 520 g/mol. The summed E-state index contributed by atoms with van der Waals surface area (Å²) in [6.07, 6.45) is 5.43. The van der Waals surface area contributed by atoms with Crippen LogP contribution in [-0.4, -0.2) is 60.7 Å². The van der Waals surface area contributed by atoms with Crippen LogP contribution in [0.4, 0.5) is 0 Å². The van der Waals surface area contributed by atoms with E-state index in [1.807, 2.05) is 66.7 Å². The maximum Gasteiger partial charge on any atom is 0.306 e. The number of methoxy groups -OCH3 is 1. The topological polar surface area (TPSA) is 105 Å². The number of benzene rings is 2. The number of unbranched alkanes of at least 4 members (excludes halogenated alkanes) is 2. The van der Waals surface area contributed by atoms with Crippen molar-refractivity contribution in [2.24, 2.45) is 5.92 Å². The van der Waals surface area contributed by atoms with E-state index in [9.17, 15) is 19.5 Å². The Morgan fingerprint density at radius 3 is 2.29 bits per heavy atom. The van der Waals surface area contributed by atoms with Crippen molar-refractivity contribution in [3.8, 4) is 0 Å². The Morgan fingerprint density at radius 2 is 1.68 bits per heavy atom. The molecule has 41 heavy (non-hydrogen) atoms. The van der Waals surface area contributed by atoms with E-state index in [2.05, 4.69) is 18.5 Å². The molecule has 0 aromatic heterocycles. The number of nitrogens with zero attached hydrogens (tertiary/aromatic N) is 1. The number of hydrogen-bond donors (Lipinski definition) is 2. The van der Waals surface area contributed by atoms with Crippen molar-refractivity contribution in [2.75, 3.05) is 26.9 Å². The van der Waals surface area contributed by atoms with E-state index in [0.717, 1.165) is 24.0 Å². The third kappa shape index (κ3) is 12.1. The zero-order valence-corrected chi connectivity index (χ0v) is 24.1. The second-order valence-electron chi connectivity index (χ2n) is 9.88. The summed E-state index contributed by atoms with van der Waals surface area (Å²) in [5.74, 6) is -1.69. The Balaban J connectivity index is 2.20. The van der Waals surface area contributed by atoms with Gasteiger partial charge in [-0.05, 0) is 36.8 Å². The fourth-order valence-electron chi connectivity index (χ4n) is 4.51. The summed E-state index contributed by atoms with van der Waals surface area (Å²) >= 11 is 0. The van der Waals surface area contributed by atoms with E-state index in [-0.39, 0.29) is 56.8 Å². The molecule has 8 heteroatoms. The number of aliphatic hydroxyl groups is 1. The van der Waals surface area contributed by atoms with Gasteiger partial charge in [0.2, 0.25) is 11.8 Å². The van der Waals surface area contributed by atoms with Crippen molar-refractivity contribution < 1.29 is 29.0 Å². The molecule has 0 aliphatic carbocycles. The molecule has 2 aromatic carbocycles. The van der Waals surface area contributed by atoms with Crippen LogP contribution in [0, 0.1) is 5.92 Å². The smallest absolute Gasteiger partial charge is 0.306 e. The molecule has 0 unspecified atom stereocenters. The molecule has 0 bridgehead atoms. The van der Waals surface area contributed by atoms with Gasteiger partial charge in [0, 0.05) is 33.0 Å². The number of amides is 2. The van der Waals surface area contributed by atoms with Gasteiger partial charge in [0.1, 0.15) is 6.10 Å². The molecule has 0 saturated heterocycles. The zero-order valence-electron chi connectivity index (χ0n) is 24.1. The molecule has 3 atom stereocenters. The highest BCUT2D eigenvalue weighted by Gasteiger charge is 2.32. The lowest BCUT2D eigenvalue weighted by molar-refractivity contribution is -0.153. The highest BCUT2D eigenvalue weighted by atomic mass is 16.5. The first kappa shape index (κ1) is 33.5. The first-order valence-corrected chi connectivity index (χ1v) is 14.1. The molecule has 0 aliphatic heterocycles. The summed E-state index contributed by atoms with van der Waals surface area (Å²) in [6, 6.07) is 18.0. The Hall–Kier alpha value is -3.75. The molecule has 0 aliphatic rings. The van der Waals surface area contributed by atoms with Crippen LogP contribution in [0.2, 0.25) is 0 Å². The van der Waals surface area contributed by atoms with Crippen molar-refractivity contribution in [1.29, 1.82) is 0 Å². The SMILES string of the molecule is C=CCCCCC(=O)O[C@@H](c1ccccc1)[C@H](COC)NC(=O)[C@H](CC=C)CC(=O)N(CCO)Cc1ccccc1. The molecule has 8 nitrogen and oxygen atoms in total. The summed E-state index contributed by atoms with van der Waals surface area (Å²) in [4.78, 5) is 41.2. The van der Waals surface area contributed by atoms with Crippen LogP contribution in [0.1, 0.15) is 55.8 Å². The van der Waals surface area contributed by atoms with E-state index >= 15 is 0 Å². The van der Waals surface area contributed by atoms with Crippen LogP contribution in [0.3, 0.4) is 0 Å². The summed E-state index contributed by atoms with van der Waals surface area (Å²) in [5, 5.41) is 12.5. The van der Waals surface area contributed by atoms with Gasteiger partial charge < -0.3 is 24.8 Å². The van der Waals surface area contributed by atoms with Gasteiger partial charge in [0.05, 0.1) is 25.2 Å². The van der Waals surface area contributed by atoms with Crippen molar-refractivity contribution in [3.05, 3.63) is 97.1 Å². The van der Waals surface area contributed by atoms with Gasteiger partial charge in [0.15, 0.2) is 0 Å². The van der Waals surface area contributed by atoms with Crippen LogP contribution in [0.25, 0.3) is 0 Å². The fraction of sp³-hybridized carbons (Fsp3) is 0.424. The van der Waals surface area contributed by atoms with Gasteiger partial charge >= 0.3 is 5.97 Å². The van der Waals surface area contributed by atoms with Crippen molar-refractivity contribution in [1.82, 2.24) is 10.2 Å². The number of aliphatic hydroxyl groups excluding tert-OH is 1. The minimum absolute atomic E-state index is 0.0660. The third-order valence-electron chi connectivity index (χ3n) is 6.65. The predicted molar refractivity (Wildman–Crippen MR) is 160 cm³/mol. The molecule has 0 heterocycles. The number of ether oxygens (including phenoxy) is 2. The van der Waals surface area contributed by atoms with E-state index in [0.29, 0.717) is 13.0 Å². The van der Waals surface area contributed by atoms with Gasteiger partial charge in [0.25, 0.3) is 0 Å². The molecule has 2 rings (SSSR count). The molecule has 0 spiro atoms. The highest BCUT2D eigenvalue weighted by Crippen LogP contribution is 2.24. The summed E-state index contributed by atoms with van der Waals surface area (Å²) in [5.41, 5.74) is 1.65. The van der Waals surface area contributed by atoms with Crippen LogP contribution in [0.5, 0.6) is 0 Å². The summed E-state index contributed by atoms with van der Waals surface area (Å²) in [6.45, 7) is 7.86. The fourth-order valence-corrected chi connectivity index (χ4v) is 4.51. The molecule has 2 amide bonds. The van der Waals surface area contributed by atoms with Gasteiger partial charge in [-0.15, -0.1) is 13.2 Å². The number of hydrogen-bond acceptors (Lipinski definition) is 6. The number of carbonyl (C=O) groups is 3. The molecule has 222 valence electrons. The molecule has 0 fully saturated rings. The molecule has 0 saturated carbocycles. The molecule has 2 N–H and O–H groups in total. The van der Waals surface area contributed by atoms with Gasteiger partial charge in [-0.3, -0.25) is 14.4 Å². The highest BCUT2D eigenvalue weighted by molar-refractivity contribution is 5.86. The van der Waals surface area contributed by atoms with E-state index in [1.54, 1.807) is 11.0 Å². The van der Waals surface area contributed by atoms with E-state index in [1.165, 1.54) is 7.11 Å². The molecular formula is C33H44N2O6. The van der Waals surface area contributed by atoms with Crippen LogP contribution < -0.4 is 5.32 Å². The number of allylic oxidation sites excluding steroid dienone is 2. The lowest BCUT2D eigenvalue weighted by Crippen LogP contribution is -2.47. The Morgan fingerprint density at radius 1 is 1.00 bits per heavy atom.